The Morgan fingerprint density at radius 2 is 2.31 bits per heavy atom. The Labute approximate surface area is 93.0 Å². The number of nitrogens with two attached hydrogens (primary N) is 1. The fourth-order valence-corrected chi connectivity index (χ4v) is 1.08. The minimum atomic E-state index is -0.373. The molecule has 7 nitrogen and oxygen atoms in total. The molecule has 0 fully saturated rings. The summed E-state index contributed by atoms with van der Waals surface area (Å²) in [7, 11) is 1.45. The zero-order valence-electron chi connectivity index (χ0n) is 9.19. The van der Waals surface area contributed by atoms with E-state index in [0.29, 0.717) is 18.2 Å². The molecule has 0 unspecified atom stereocenters. The largest absolute Gasteiger partial charge is 0.490 e. The van der Waals surface area contributed by atoms with E-state index < -0.39 is 0 Å². The molecule has 3 N–H and O–H groups in total. The summed E-state index contributed by atoms with van der Waals surface area (Å²) in [6, 6.07) is 0. The number of carbonyl (C=O) groups is 1. The molecule has 0 bridgehead atoms. The van der Waals surface area contributed by atoms with Crippen LogP contribution in [0.5, 0.6) is 5.75 Å². The molecule has 0 aromatic carbocycles. The smallest absolute Gasteiger partial charge is 0.325 e. The van der Waals surface area contributed by atoms with Crippen molar-refractivity contribution in [1.82, 2.24) is 9.97 Å². The van der Waals surface area contributed by atoms with E-state index in [-0.39, 0.29) is 18.3 Å². The van der Waals surface area contributed by atoms with E-state index in [1.807, 2.05) is 0 Å². The maximum atomic E-state index is 11.1. The molecule has 0 aliphatic heterocycles. The molecule has 16 heavy (non-hydrogen) atoms. The fourth-order valence-electron chi connectivity index (χ4n) is 1.08. The molecule has 88 valence electrons. The van der Waals surface area contributed by atoms with Gasteiger partial charge in [0.25, 0.3) is 0 Å². The molecule has 0 saturated carbocycles. The third-order valence-electron chi connectivity index (χ3n) is 1.74. The van der Waals surface area contributed by atoms with Crippen LogP contribution in [0.4, 0.5) is 11.6 Å². The first kappa shape index (κ1) is 12.0. The van der Waals surface area contributed by atoms with Gasteiger partial charge in [0, 0.05) is 0 Å². The molecule has 0 spiro atoms. The van der Waals surface area contributed by atoms with Crippen LogP contribution in [0.1, 0.15) is 6.92 Å². The lowest BCUT2D eigenvalue weighted by Crippen LogP contribution is -2.18. The number of nitrogens with one attached hydrogen (secondary N) is 1. The maximum Gasteiger partial charge on any atom is 0.325 e. The number of hydrogen-bond donors (Lipinski definition) is 2. The summed E-state index contributed by atoms with van der Waals surface area (Å²) >= 11 is 0. The third-order valence-corrected chi connectivity index (χ3v) is 1.74. The second kappa shape index (κ2) is 5.74. The van der Waals surface area contributed by atoms with Crippen LogP contribution < -0.4 is 15.8 Å². The second-order valence-electron chi connectivity index (χ2n) is 2.80. The van der Waals surface area contributed by atoms with Gasteiger partial charge in [0.15, 0.2) is 11.6 Å². The van der Waals surface area contributed by atoms with Gasteiger partial charge in [-0.25, -0.2) is 9.97 Å². The van der Waals surface area contributed by atoms with Crippen LogP contribution in [0.2, 0.25) is 0 Å². The van der Waals surface area contributed by atoms with Crippen LogP contribution in [0.25, 0.3) is 0 Å². The van der Waals surface area contributed by atoms with Gasteiger partial charge in [-0.2, -0.15) is 0 Å². The van der Waals surface area contributed by atoms with Crippen LogP contribution in [0.15, 0.2) is 6.33 Å². The summed E-state index contributed by atoms with van der Waals surface area (Å²) in [6.45, 7) is 2.07. The standard InChI is InChI=1S/C9H14N4O3/c1-3-16-6(14)4-11-9-7(15-2)8(10)12-5-13-9/h5H,3-4H2,1-2H3,(H3,10,11,12,13). The molecule has 0 amide bonds. The highest BCUT2D eigenvalue weighted by atomic mass is 16.5. The lowest BCUT2D eigenvalue weighted by Gasteiger charge is -2.10. The number of methoxy groups -OCH3 is 1. The number of anilines is 2. The average molecular weight is 226 g/mol. The van der Waals surface area contributed by atoms with E-state index in [4.69, 9.17) is 15.2 Å². The Hall–Kier alpha value is -2.05. The van der Waals surface area contributed by atoms with Gasteiger partial charge >= 0.3 is 5.97 Å². The van der Waals surface area contributed by atoms with Crippen molar-refractivity contribution in [3.63, 3.8) is 0 Å². The molecule has 1 aromatic heterocycles. The van der Waals surface area contributed by atoms with Crippen molar-refractivity contribution in [2.24, 2.45) is 0 Å². The number of nitrogens with zero attached hydrogens (tertiary/aromatic N) is 2. The third kappa shape index (κ3) is 2.97. The quantitative estimate of drug-likeness (QED) is 0.684. The van der Waals surface area contributed by atoms with Gasteiger partial charge in [-0.3, -0.25) is 4.79 Å². The van der Waals surface area contributed by atoms with E-state index in [1.54, 1.807) is 6.92 Å². The van der Waals surface area contributed by atoms with Crippen molar-refractivity contribution < 1.29 is 14.3 Å². The van der Waals surface area contributed by atoms with Gasteiger partial charge in [0.1, 0.15) is 12.9 Å². The van der Waals surface area contributed by atoms with Gasteiger partial charge < -0.3 is 20.5 Å². The summed E-state index contributed by atoms with van der Waals surface area (Å²) in [4.78, 5) is 18.8. The van der Waals surface area contributed by atoms with E-state index in [2.05, 4.69) is 15.3 Å². The SMILES string of the molecule is CCOC(=O)CNc1ncnc(N)c1OC. The van der Waals surface area contributed by atoms with Crippen LogP contribution >= 0.6 is 0 Å². The van der Waals surface area contributed by atoms with Crippen molar-refractivity contribution in [1.29, 1.82) is 0 Å². The van der Waals surface area contributed by atoms with E-state index >= 15 is 0 Å². The number of ether oxygens (including phenoxy) is 2. The fraction of sp³-hybridized carbons (Fsp3) is 0.444. The predicted octanol–water partition coefficient (Wildman–Crippen LogP) is 0.0424. The molecule has 1 aromatic rings. The second-order valence-corrected chi connectivity index (χ2v) is 2.80. The Morgan fingerprint density at radius 3 is 2.94 bits per heavy atom. The van der Waals surface area contributed by atoms with Crippen molar-refractivity contribution in [2.45, 2.75) is 6.92 Å². The highest BCUT2D eigenvalue weighted by Crippen LogP contribution is 2.25. The van der Waals surface area contributed by atoms with Crippen LogP contribution in [-0.4, -0.2) is 36.2 Å². The minimum Gasteiger partial charge on any atom is -0.490 e. The first-order chi connectivity index (χ1) is 7.69. The van der Waals surface area contributed by atoms with Gasteiger partial charge in [-0.1, -0.05) is 0 Å². The van der Waals surface area contributed by atoms with Gasteiger partial charge in [0.2, 0.25) is 5.75 Å². The summed E-state index contributed by atoms with van der Waals surface area (Å²) in [5.74, 6) is 0.514. The van der Waals surface area contributed by atoms with Gasteiger partial charge in [-0.05, 0) is 6.92 Å². The Balaban J connectivity index is 2.66. The number of hydrogen-bond acceptors (Lipinski definition) is 7. The predicted molar refractivity (Wildman–Crippen MR) is 58.1 cm³/mol. The van der Waals surface area contributed by atoms with Crippen LogP contribution in [0, 0.1) is 0 Å². The zero-order chi connectivity index (χ0) is 12.0. The summed E-state index contributed by atoms with van der Waals surface area (Å²) in [5.41, 5.74) is 5.56. The number of carbonyl (C=O) groups excluding carboxylic acids is 1. The molecule has 7 heteroatoms. The summed E-state index contributed by atoms with van der Waals surface area (Å²) in [6.07, 6.45) is 1.28. The van der Waals surface area contributed by atoms with E-state index in [0.717, 1.165) is 0 Å². The van der Waals surface area contributed by atoms with Crippen molar-refractivity contribution >= 4 is 17.6 Å². The van der Waals surface area contributed by atoms with Gasteiger partial charge in [-0.15, -0.1) is 0 Å². The van der Waals surface area contributed by atoms with Gasteiger partial charge in [0.05, 0.1) is 13.7 Å². The number of nitrogen functional groups attached to an aromatic ring is 1. The monoisotopic (exact) mass is 226 g/mol. The topological polar surface area (TPSA) is 99.4 Å². The molecule has 0 atom stereocenters. The maximum absolute atomic E-state index is 11.1. The average Bonchev–Trinajstić information content (AvgIpc) is 2.27. The first-order valence-electron chi connectivity index (χ1n) is 4.73. The number of esters is 1. The normalized spacial score (nSPS) is 9.62. The minimum absolute atomic E-state index is 0.000648. The van der Waals surface area contributed by atoms with Crippen LogP contribution in [-0.2, 0) is 9.53 Å². The molecular formula is C9H14N4O3. The Morgan fingerprint density at radius 1 is 1.56 bits per heavy atom. The van der Waals surface area contributed by atoms with Crippen molar-refractivity contribution in [2.75, 3.05) is 31.3 Å². The zero-order valence-corrected chi connectivity index (χ0v) is 9.19. The lowest BCUT2D eigenvalue weighted by molar-refractivity contribution is -0.140. The molecular weight excluding hydrogens is 212 g/mol. The number of aromatic nitrogens is 2. The summed E-state index contributed by atoms with van der Waals surface area (Å²) < 4.78 is 9.75. The molecule has 1 rings (SSSR count). The van der Waals surface area contributed by atoms with E-state index in [9.17, 15) is 4.79 Å². The Bertz CT molecular complexity index is 370. The molecule has 0 aliphatic rings. The van der Waals surface area contributed by atoms with E-state index in [1.165, 1.54) is 13.4 Å². The highest BCUT2D eigenvalue weighted by Gasteiger charge is 2.10. The lowest BCUT2D eigenvalue weighted by atomic mass is 10.4. The molecule has 1 heterocycles. The van der Waals surface area contributed by atoms with Crippen molar-refractivity contribution in [3.05, 3.63) is 6.33 Å². The summed E-state index contributed by atoms with van der Waals surface area (Å²) in [5, 5.41) is 2.76. The Kier molecular flexibility index (Phi) is 4.31. The molecule has 0 saturated heterocycles. The highest BCUT2D eigenvalue weighted by molar-refractivity contribution is 5.76. The van der Waals surface area contributed by atoms with Crippen molar-refractivity contribution in [3.8, 4) is 5.75 Å². The van der Waals surface area contributed by atoms with Crippen LogP contribution in [0.3, 0.4) is 0 Å². The molecule has 0 aliphatic carbocycles. The molecule has 0 radical (unpaired) electrons. The first-order valence-corrected chi connectivity index (χ1v) is 4.73. The number of rotatable bonds is 5.